The second kappa shape index (κ2) is 8.77. The van der Waals surface area contributed by atoms with Crippen molar-refractivity contribution in [2.45, 2.75) is 18.3 Å². The molecule has 3 aromatic rings. The third-order valence-electron chi connectivity index (χ3n) is 5.35. The number of aromatic nitrogens is 3. The number of nitrogens with one attached hydrogen (secondary N) is 1. The predicted octanol–water partition coefficient (Wildman–Crippen LogP) is 3.89. The molecule has 0 aromatic carbocycles. The number of hydrogen-bond donors (Lipinski definition) is 1. The number of hydrogen-bond acceptors (Lipinski definition) is 6. The molecule has 0 radical (unpaired) electrons. The largest absolute Gasteiger partial charge is 0.495 e. The standard InChI is InChI=1S/C22H21ClN4O3/c1-29-18-10-16(11-24-14-18)15-2-5-20(26-12-15)27-21(28)22(6-8-30-9-7-22)17-3-4-19(23)25-13-17/h2-5,10-14H,6-9H2,1H3,(H,26,27,28). The number of ether oxygens (including phenoxy) is 2. The lowest BCUT2D eigenvalue weighted by Gasteiger charge is -2.35. The van der Waals surface area contributed by atoms with Gasteiger partial charge in [-0.2, -0.15) is 0 Å². The Hall–Kier alpha value is -3.03. The normalized spacial score (nSPS) is 15.4. The fraction of sp³-hybridized carbons (Fsp3) is 0.273. The summed E-state index contributed by atoms with van der Waals surface area (Å²) < 4.78 is 10.7. The Morgan fingerprint density at radius 1 is 1.07 bits per heavy atom. The van der Waals surface area contributed by atoms with Crippen molar-refractivity contribution in [2.24, 2.45) is 0 Å². The lowest BCUT2D eigenvalue weighted by molar-refractivity contribution is -0.125. The van der Waals surface area contributed by atoms with E-state index in [4.69, 9.17) is 21.1 Å². The molecule has 1 amide bonds. The topological polar surface area (TPSA) is 86.2 Å². The molecule has 8 heteroatoms. The summed E-state index contributed by atoms with van der Waals surface area (Å²) in [6, 6.07) is 9.11. The molecule has 4 heterocycles. The number of carbonyl (C=O) groups is 1. The minimum Gasteiger partial charge on any atom is -0.495 e. The summed E-state index contributed by atoms with van der Waals surface area (Å²) in [6.45, 7) is 1.01. The number of rotatable bonds is 5. The molecule has 7 nitrogen and oxygen atoms in total. The van der Waals surface area contributed by atoms with Crippen molar-refractivity contribution in [3.8, 4) is 16.9 Å². The van der Waals surface area contributed by atoms with E-state index in [-0.39, 0.29) is 5.91 Å². The van der Waals surface area contributed by atoms with Crippen LogP contribution in [-0.2, 0) is 14.9 Å². The maximum Gasteiger partial charge on any atom is 0.236 e. The average molecular weight is 425 g/mol. The molecule has 0 unspecified atom stereocenters. The van der Waals surface area contributed by atoms with Crippen molar-refractivity contribution in [2.75, 3.05) is 25.6 Å². The Labute approximate surface area is 179 Å². The number of anilines is 1. The zero-order chi connectivity index (χ0) is 21.0. The van der Waals surface area contributed by atoms with Gasteiger partial charge in [-0.3, -0.25) is 9.78 Å². The Kier molecular flexibility index (Phi) is 5.92. The van der Waals surface area contributed by atoms with Crippen LogP contribution in [0.1, 0.15) is 18.4 Å². The number of pyridine rings is 3. The second-order valence-corrected chi connectivity index (χ2v) is 7.45. The summed E-state index contributed by atoms with van der Waals surface area (Å²) in [7, 11) is 1.60. The number of amides is 1. The molecule has 0 atom stereocenters. The van der Waals surface area contributed by atoms with Gasteiger partial charge in [-0.15, -0.1) is 0 Å². The monoisotopic (exact) mass is 424 g/mol. The quantitative estimate of drug-likeness (QED) is 0.625. The molecule has 0 saturated carbocycles. The zero-order valence-corrected chi connectivity index (χ0v) is 17.2. The molecule has 1 aliphatic heterocycles. The van der Waals surface area contributed by atoms with Gasteiger partial charge in [0.1, 0.15) is 16.7 Å². The smallest absolute Gasteiger partial charge is 0.236 e. The third kappa shape index (κ3) is 4.13. The third-order valence-corrected chi connectivity index (χ3v) is 5.57. The van der Waals surface area contributed by atoms with Crippen LogP contribution in [0.5, 0.6) is 5.75 Å². The van der Waals surface area contributed by atoms with Crippen LogP contribution in [0.2, 0.25) is 5.15 Å². The van der Waals surface area contributed by atoms with Crippen LogP contribution in [0.4, 0.5) is 5.82 Å². The summed E-state index contributed by atoms with van der Waals surface area (Å²) >= 11 is 5.93. The number of methoxy groups -OCH3 is 1. The number of carbonyl (C=O) groups excluding carboxylic acids is 1. The van der Waals surface area contributed by atoms with Gasteiger partial charge >= 0.3 is 0 Å². The Morgan fingerprint density at radius 3 is 2.57 bits per heavy atom. The van der Waals surface area contributed by atoms with E-state index in [1.807, 2.05) is 18.2 Å². The lowest BCUT2D eigenvalue weighted by atomic mass is 9.74. The van der Waals surface area contributed by atoms with Gasteiger partial charge in [-0.25, -0.2) is 9.97 Å². The summed E-state index contributed by atoms with van der Waals surface area (Å²) in [5.41, 5.74) is 1.86. The van der Waals surface area contributed by atoms with Crippen molar-refractivity contribution in [3.63, 3.8) is 0 Å². The van der Waals surface area contributed by atoms with E-state index >= 15 is 0 Å². The van der Waals surface area contributed by atoms with Gasteiger partial charge in [0.15, 0.2) is 0 Å². The maximum atomic E-state index is 13.3. The summed E-state index contributed by atoms with van der Waals surface area (Å²) in [6.07, 6.45) is 7.88. The van der Waals surface area contributed by atoms with Crippen LogP contribution < -0.4 is 10.1 Å². The van der Waals surface area contributed by atoms with E-state index in [9.17, 15) is 4.79 Å². The van der Waals surface area contributed by atoms with Gasteiger partial charge in [0.2, 0.25) is 5.91 Å². The van der Waals surface area contributed by atoms with Gasteiger partial charge in [-0.05, 0) is 42.7 Å². The molecule has 30 heavy (non-hydrogen) atoms. The van der Waals surface area contributed by atoms with Gasteiger partial charge in [-0.1, -0.05) is 17.7 Å². The highest BCUT2D eigenvalue weighted by atomic mass is 35.5. The first kappa shape index (κ1) is 20.3. The summed E-state index contributed by atoms with van der Waals surface area (Å²) in [5, 5.41) is 3.35. The van der Waals surface area contributed by atoms with E-state index in [0.29, 0.717) is 42.8 Å². The first-order valence-electron chi connectivity index (χ1n) is 9.57. The highest BCUT2D eigenvalue weighted by Crippen LogP contribution is 2.36. The molecule has 1 saturated heterocycles. The van der Waals surface area contributed by atoms with Crippen molar-refractivity contribution < 1.29 is 14.3 Å². The lowest BCUT2D eigenvalue weighted by Crippen LogP contribution is -2.45. The van der Waals surface area contributed by atoms with Gasteiger partial charge in [0, 0.05) is 42.9 Å². The van der Waals surface area contributed by atoms with Gasteiger partial charge in [0.05, 0.1) is 18.7 Å². The molecule has 1 N–H and O–H groups in total. The van der Waals surface area contributed by atoms with Crippen molar-refractivity contribution in [1.82, 2.24) is 15.0 Å². The molecular weight excluding hydrogens is 404 g/mol. The van der Waals surface area contributed by atoms with Crippen molar-refractivity contribution >= 4 is 23.3 Å². The summed E-state index contributed by atoms with van der Waals surface area (Å²) in [5.74, 6) is 1.02. The highest BCUT2D eigenvalue weighted by Gasteiger charge is 2.42. The number of halogens is 1. The fourth-order valence-electron chi connectivity index (χ4n) is 3.59. The Morgan fingerprint density at radius 2 is 1.90 bits per heavy atom. The van der Waals surface area contributed by atoms with E-state index in [1.165, 1.54) is 0 Å². The number of nitrogens with zero attached hydrogens (tertiary/aromatic N) is 3. The van der Waals surface area contributed by atoms with Crippen LogP contribution in [0.15, 0.2) is 55.1 Å². The molecule has 1 aliphatic rings. The molecule has 4 rings (SSSR count). The summed E-state index contributed by atoms with van der Waals surface area (Å²) in [4.78, 5) is 26.1. The van der Waals surface area contributed by atoms with Crippen LogP contribution in [-0.4, -0.2) is 41.2 Å². The van der Waals surface area contributed by atoms with Crippen molar-refractivity contribution in [3.05, 3.63) is 65.8 Å². The SMILES string of the molecule is COc1cncc(-c2ccc(NC(=O)C3(c4ccc(Cl)nc4)CCOCC3)nc2)c1. The van der Waals surface area contributed by atoms with E-state index in [1.54, 1.807) is 44.0 Å². The van der Waals surface area contributed by atoms with E-state index in [0.717, 1.165) is 16.7 Å². The minimum absolute atomic E-state index is 0.127. The minimum atomic E-state index is -0.729. The molecule has 0 spiro atoms. The van der Waals surface area contributed by atoms with Crippen LogP contribution >= 0.6 is 11.6 Å². The Bertz CT molecular complexity index is 1020. The van der Waals surface area contributed by atoms with Crippen LogP contribution in [0.25, 0.3) is 11.1 Å². The van der Waals surface area contributed by atoms with Crippen molar-refractivity contribution in [1.29, 1.82) is 0 Å². The molecule has 0 bridgehead atoms. The highest BCUT2D eigenvalue weighted by molar-refractivity contribution is 6.29. The maximum absolute atomic E-state index is 13.3. The molecule has 0 aliphatic carbocycles. The first-order valence-corrected chi connectivity index (χ1v) is 9.95. The zero-order valence-electron chi connectivity index (χ0n) is 16.5. The van der Waals surface area contributed by atoms with Gasteiger partial charge in [0.25, 0.3) is 0 Å². The van der Waals surface area contributed by atoms with Gasteiger partial charge < -0.3 is 14.8 Å². The molecular formula is C22H21ClN4O3. The fourth-order valence-corrected chi connectivity index (χ4v) is 3.70. The average Bonchev–Trinajstić information content (AvgIpc) is 2.80. The van der Waals surface area contributed by atoms with Crippen LogP contribution in [0, 0.1) is 0 Å². The Balaban J connectivity index is 1.56. The molecule has 1 fully saturated rings. The van der Waals surface area contributed by atoms with E-state index < -0.39 is 5.41 Å². The van der Waals surface area contributed by atoms with E-state index in [2.05, 4.69) is 20.3 Å². The predicted molar refractivity (Wildman–Crippen MR) is 114 cm³/mol. The molecule has 3 aromatic heterocycles. The van der Waals surface area contributed by atoms with Crippen LogP contribution in [0.3, 0.4) is 0 Å². The molecule has 154 valence electrons. The second-order valence-electron chi connectivity index (χ2n) is 7.06. The first-order chi connectivity index (χ1) is 14.6.